The number of para-hydroxylation sites is 1. The summed E-state index contributed by atoms with van der Waals surface area (Å²) in [6.45, 7) is 18.3. The normalized spacial score (nSPS) is 22.9. The van der Waals surface area contributed by atoms with Gasteiger partial charge in [0.15, 0.2) is 0 Å². The van der Waals surface area contributed by atoms with Crippen LogP contribution in [-0.4, -0.2) is 0 Å². The fraction of sp³-hybridized carbons (Fsp3) is 0.278. The van der Waals surface area contributed by atoms with Crippen LogP contribution < -0.4 is 4.90 Å². The van der Waals surface area contributed by atoms with Crippen molar-refractivity contribution in [2.45, 2.75) is 127 Å². The first-order valence-electron chi connectivity index (χ1n) is 39.1. The summed E-state index contributed by atoms with van der Waals surface area (Å²) >= 11 is 0. The zero-order valence-corrected chi connectivity index (χ0v) is 43.9. The highest BCUT2D eigenvalue weighted by molar-refractivity contribution is 6.21. The zero-order valence-electron chi connectivity index (χ0n) is 72.9. The lowest BCUT2D eigenvalue weighted by atomic mass is 9.59. The van der Waals surface area contributed by atoms with Crippen LogP contribution in [0.2, 0.25) is 0 Å². The van der Waals surface area contributed by atoms with Crippen LogP contribution in [-0.2, 0) is 10.8 Å². The molecule has 0 N–H and O–H groups in total. The van der Waals surface area contributed by atoms with Gasteiger partial charge in [0.25, 0.3) is 0 Å². The highest BCUT2D eigenvalue weighted by Crippen LogP contribution is 2.63. The summed E-state index contributed by atoms with van der Waals surface area (Å²) in [4.78, 5) is 1.39. The minimum Gasteiger partial charge on any atom is -0.455 e. The van der Waals surface area contributed by atoms with E-state index in [4.69, 9.17) is 18.1 Å². The number of benzene rings is 9. The first kappa shape index (κ1) is 25.4. The Kier molecular flexibility index (Phi) is 5.72. The Morgan fingerprint density at radius 1 is 0.486 bits per heavy atom. The van der Waals surface area contributed by atoms with Crippen LogP contribution in [0.15, 0.2) is 137 Å². The topological polar surface area (TPSA) is 16.4 Å². The first-order chi connectivity index (χ1) is 47.2. The molecular formula is C72H71NO. The molecule has 2 unspecified atom stereocenters. The van der Waals surface area contributed by atoms with Crippen molar-refractivity contribution in [3.63, 3.8) is 0 Å². The fourth-order valence-electron chi connectivity index (χ4n) is 12.2. The van der Waals surface area contributed by atoms with Crippen molar-refractivity contribution >= 4 is 49.8 Å². The maximum Gasteiger partial charge on any atom is 0.143 e. The molecule has 2 aliphatic carbocycles. The standard InChI is InChI=1S/C72H71NO/c1-16-71(15)59-38-61(46(9)48(11)64(59)65-44(7)40(3)34-41(4)66(65)71)73(62-39-60-63(47(10)45(62)8)55-30-23-24-33-58(55)72(60,17-2)70(12,13)14)67-42(5)35-50(36-43(67)6)56-37-57-54-32-25-31-51(49-26-19-18-20-27-49)68(54)74-69(57)53-29-22-21-28-52(53)56/h18-39H,16-17H2,1-15H3/i15D3,16D2,17D2,18D,19D,20D,21D,22D,23D,24D,25D,26D,27D,28D,29D,30D,31D,32D,33D,34D,35D,36D,37D,38D,39D. The first-order valence-corrected chi connectivity index (χ1v) is 24.6. The van der Waals surface area contributed by atoms with Gasteiger partial charge in [0, 0.05) is 53.5 Å². The highest BCUT2D eigenvalue weighted by Gasteiger charge is 2.51. The Balaban J connectivity index is 1.33. The number of fused-ring (bicyclic) bond motifs is 11. The zero-order chi connectivity index (χ0) is 77.3. The van der Waals surface area contributed by atoms with Crippen LogP contribution in [0.4, 0.5) is 17.1 Å². The van der Waals surface area contributed by atoms with Gasteiger partial charge in [0.05, 0.1) is 35.8 Å². The molecule has 2 aliphatic rings. The van der Waals surface area contributed by atoms with Gasteiger partial charge < -0.3 is 9.32 Å². The second kappa shape index (κ2) is 16.7. The van der Waals surface area contributed by atoms with E-state index in [2.05, 4.69) is 0 Å². The monoisotopic (exact) mass is 995 g/mol. The average Bonchev–Trinajstić information content (AvgIpc) is 1.51. The van der Waals surface area contributed by atoms with E-state index >= 15 is 0 Å². The van der Waals surface area contributed by atoms with Crippen molar-refractivity contribution < 1.29 is 44.2 Å². The number of hydrogen-bond donors (Lipinski definition) is 0. The fourth-order valence-corrected chi connectivity index (χ4v) is 12.2. The van der Waals surface area contributed by atoms with Gasteiger partial charge >= 0.3 is 0 Å². The van der Waals surface area contributed by atoms with Crippen LogP contribution in [0.1, 0.15) is 166 Å². The van der Waals surface area contributed by atoms with Gasteiger partial charge in [-0.15, -0.1) is 0 Å². The number of nitrogens with zero attached hydrogens (tertiary/aromatic N) is 1. The molecule has 0 saturated heterocycles. The molecule has 2 atom stereocenters. The third kappa shape index (κ3) is 6.36. The van der Waals surface area contributed by atoms with E-state index in [9.17, 15) is 26.0 Å². The Labute approximate surface area is 480 Å². The minimum absolute atomic E-state index is 0.0503. The molecule has 0 fully saturated rings. The second-order valence-corrected chi connectivity index (χ2v) is 20.8. The molecule has 0 spiro atoms. The third-order valence-electron chi connectivity index (χ3n) is 16.0. The van der Waals surface area contributed by atoms with E-state index in [1.165, 1.54) is 32.6 Å². The molecule has 0 amide bonds. The quantitative estimate of drug-likeness (QED) is 0.158. The van der Waals surface area contributed by atoms with E-state index in [0.717, 1.165) is 6.92 Å². The summed E-state index contributed by atoms with van der Waals surface area (Å²) < 4.78 is 285. The molecule has 0 bridgehead atoms. The molecular weight excluding hydrogens is 895 g/mol. The van der Waals surface area contributed by atoms with E-state index in [0.29, 0.717) is 16.7 Å². The highest BCUT2D eigenvalue weighted by atomic mass is 16.3. The summed E-state index contributed by atoms with van der Waals surface area (Å²) in [7, 11) is 0. The van der Waals surface area contributed by atoms with E-state index in [1.807, 2.05) is 0 Å². The molecule has 0 saturated carbocycles. The SMILES string of the molecule is [2H]c1c([2H])c([2H])c(-c2c([2H])c([2H])c([2H])c3c2oc2c4c([2H])c([2H])c([2H])c([2H])c4c(-c4c([2H])c(C)c(N(c5c([2H])c6c(c(C)c5C)-c5c(C)c(C)c([2H])c(C)c5C6(C([2H])([2H])[2H])C([2H])([2H])C)c5c([2H])c6c(c(C)c5C)-c5c([2H])c([2H])c([2H])c([2H])c5C6(C([2H])([2H])C)C(C)(C)C)c(C)c4[2H])c([2H])c23)c([2H])c1[2H]. The Bertz CT molecular complexity index is 5380. The molecule has 370 valence electrons. The van der Waals surface area contributed by atoms with Gasteiger partial charge in [0.2, 0.25) is 0 Å². The van der Waals surface area contributed by atoms with Crippen LogP contribution in [0, 0.1) is 67.7 Å². The summed E-state index contributed by atoms with van der Waals surface area (Å²) in [5, 5.41) is -1.94. The summed E-state index contributed by atoms with van der Waals surface area (Å²) in [6, 6.07) is -15.7. The molecule has 12 rings (SSSR count). The molecule has 0 aliphatic heterocycles. The maximum absolute atomic E-state index is 11.1. The van der Waals surface area contributed by atoms with Crippen molar-refractivity contribution in [2.24, 2.45) is 5.41 Å². The van der Waals surface area contributed by atoms with E-state index in [1.54, 1.807) is 62.3 Å². The summed E-state index contributed by atoms with van der Waals surface area (Å²) in [5.41, 5.74) is -8.82. The predicted molar refractivity (Wildman–Crippen MR) is 318 cm³/mol. The third-order valence-corrected chi connectivity index (χ3v) is 16.0. The van der Waals surface area contributed by atoms with E-state index < -0.39 is 218 Å². The van der Waals surface area contributed by atoms with Crippen molar-refractivity contribution in [3.05, 3.63) is 205 Å². The van der Waals surface area contributed by atoms with Gasteiger partial charge in [-0.1, -0.05) is 144 Å². The Hall–Kier alpha value is -7.16. The average molecular weight is 996 g/mol. The lowest BCUT2D eigenvalue weighted by molar-refractivity contribution is 0.225. The van der Waals surface area contributed by atoms with Crippen LogP contribution in [0.5, 0.6) is 0 Å². The van der Waals surface area contributed by atoms with Crippen LogP contribution in [0.3, 0.4) is 0 Å². The lowest BCUT2D eigenvalue weighted by Gasteiger charge is -2.44. The van der Waals surface area contributed by atoms with E-state index in [-0.39, 0.29) is 101 Å². The van der Waals surface area contributed by atoms with Crippen molar-refractivity contribution in [2.75, 3.05) is 4.90 Å². The molecule has 9 aromatic carbocycles. The van der Waals surface area contributed by atoms with Gasteiger partial charge in [-0.3, -0.25) is 0 Å². The second-order valence-electron chi connectivity index (χ2n) is 20.8. The smallest absolute Gasteiger partial charge is 0.143 e. The Morgan fingerprint density at radius 2 is 1.08 bits per heavy atom. The van der Waals surface area contributed by atoms with Gasteiger partial charge in [0.1, 0.15) is 11.2 Å². The van der Waals surface area contributed by atoms with Crippen molar-refractivity contribution in [1.82, 2.24) is 0 Å². The molecule has 2 nitrogen and oxygen atoms in total. The summed E-state index contributed by atoms with van der Waals surface area (Å²) in [6.07, 6.45) is -5.33. The predicted octanol–water partition coefficient (Wildman–Crippen LogP) is 20.7. The molecule has 74 heavy (non-hydrogen) atoms. The molecule has 0 radical (unpaired) electrons. The van der Waals surface area contributed by atoms with Gasteiger partial charge in [-0.2, -0.15) is 0 Å². The molecule has 1 heterocycles. The number of furan rings is 1. The lowest BCUT2D eigenvalue weighted by Crippen LogP contribution is -2.39. The summed E-state index contributed by atoms with van der Waals surface area (Å²) in [5.74, 6) is 0. The van der Waals surface area contributed by atoms with Gasteiger partial charge in [-0.05, 0) is 227 Å². The van der Waals surface area contributed by atoms with Gasteiger partial charge in [-0.25, -0.2) is 0 Å². The molecule has 2 heteroatoms. The number of rotatable bonds is 7. The maximum atomic E-state index is 11.1. The number of hydrogen-bond acceptors (Lipinski definition) is 2. The largest absolute Gasteiger partial charge is 0.455 e. The Morgan fingerprint density at radius 3 is 1.74 bits per heavy atom. The molecule has 10 aromatic rings. The van der Waals surface area contributed by atoms with Crippen molar-refractivity contribution in [1.29, 1.82) is 0 Å². The number of anilines is 3. The minimum atomic E-state index is -3.37. The van der Waals surface area contributed by atoms with Crippen LogP contribution in [0.25, 0.3) is 77.2 Å². The van der Waals surface area contributed by atoms with Crippen molar-refractivity contribution in [3.8, 4) is 44.5 Å². The van der Waals surface area contributed by atoms with Crippen LogP contribution >= 0.6 is 0 Å². The molecule has 1 aromatic heterocycles.